The fourth-order valence-corrected chi connectivity index (χ4v) is 2.11. The molecular formula is C17H26N2O4. The minimum absolute atomic E-state index is 0.0177. The fraction of sp³-hybridized carbons (Fsp3) is 0.529. The fourth-order valence-electron chi connectivity index (χ4n) is 2.11. The van der Waals surface area contributed by atoms with E-state index in [1.54, 1.807) is 32.4 Å². The molecule has 0 bridgehead atoms. The second-order valence-corrected chi connectivity index (χ2v) is 5.55. The lowest BCUT2D eigenvalue weighted by atomic mass is 10.1. The molecule has 0 heterocycles. The van der Waals surface area contributed by atoms with Crippen molar-refractivity contribution in [3.05, 3.63) is 29.3 Å². The number of nitrogens with zero attached hydrogens (tertiary/aromatic N) is 1. The molecule has 6 nitrogen and oxygen atoms in total. The van der Waals surface area contributed by atoms with Gasteiger partial charge in [0.2, 0.25) is 5.91 Å². The van der Waals surface area contributed by atoms with E-state index < -0.39 is 0 Å². The number of carbonyl (C=O) groups is 2. The van der Waals surface area contributed by atoms with Crippen LogP contribution in [0.25, 0.3) is 0 Å². The van der Waals surface area contributed by atoms with E-state index in [2.05, 4.69) is 5.32 Å². The van der Waals surface area contributed by atoms with E-state index >= 15 is 0 Å². The minimum Gasteiger partial charge on any atom is -0.496 e. The Balaban J connectivity index is 2.84. The third kappa shape index (κ3) is 5.90. The van der Waals surface area contributed by atoms with Crippen molar-refractivity contribution in [3.8, 4) is 5.75 Å². The highest BCUT2D eigenvalue weighted by Crippen LogP contribution is 2.21. The van der Waals surface area contributed by atoms with Gasteiger partial charge in [-0.1, -0.05) is 0 Å². The molecule has 1 rings (SSSR count). The summed E-state index contributed by atoms with van der Waals surface area (Å²) in [6, 6.07) is 5.22. The van der Waals surface area contributed by atoms with Crippen LogP contribution in [0.1, 0.15) is 36.7 Å². The number of rotatable bonds is 8. The Labute approximate surface area is 137 Å². The number of ether oxygens (including phenoxy) is 2. The first-order valence-electron chi connectivity index (χ1n) is 7.68. The standard InChI is InChI=1S/C17H26N2O4/c1-6-23-11-14-9-13(7-8-15(14)22-5)17(21)19(4)10-16(20)18-12(2)3/h7-9,12H,6,10-11H2,1-5H3,(H,18,20). The molecule has 0 aliphatic carbocycles. The number of hydrogen-bond donors (Lipinski definition) is 1. The van der Waals surface area contributed by atoms with Gasteiger partial charge in [-0.25, -0.2) is 0 Å². The van der Waals surface area contributed by atoms with Crippen LogP contribution in [0.2, 0.25) is 0 Å². The third-order valence-electron chi connectivity index (χ3n) is 3.17. The molecular weight excluding hydrogens is 296 g/mol. The Morgan fingerprint density at radius 2 is 2.00 bits per heavy atom. The summed E-state index contributed by atoms with van der Waals surface area (Å²) in [6.45, 7) is 6.63. The number of likely N-dealkylation sites (N-methyl/N-ethyl adjacent to an activating group) is 1. The van der Waals surface area contributed by atoms with Gasteiger partial charge in [-0.05, 0) is 39.0 Å². The zero-order chi connectivity index (χ0) is 17.4. The van der Waals surface area contributed by atoms with Crippen molar-refractivity contribution in [2.75, 3.05) is 27.3 Å². The smallest absolute Gasteiger partial charge is 0.254 e. The molecule has 23 heavy (non-hydrogen) atoms. The normalized spacial score (nSPS) is 10.5. The quantitative estimate of drug-likeness (QED) is 0.793. The van der Waals surface area contributed by atoms with E-state index in [4.69, 9.17) is 9.47 Å². The maximum absolute atomic E-state index is 12.5. The molecule has 6 heteroatoms. The third-order valence-corrected chi connectivity index (χ3v) is 3.17. The van der Waals surface area contributed by atoms with Crippen molar-refractivity contribution in [3.63, 3.8) is 0 Å². The lowest BCUT2D eigenvalue weighted by Gasteiger charge is -2.19. The highest BCUT2D eigenvalue weighted by atomic mass is 16.5. The van der Waals surface area contributed by atoms with Crippen molar-refractivity contribution in [1.82, 2.24) is 10.2 Å². The number of hydrogen-bond acceptors (Lipinski definition) is 4. The average molecular weight is 322 g/mol. The summed E-state index contributed by atoms with van der Waals surface area (Å²) in [5, 5.41) is 2.76. The summed E-state index contributed by atoms with van der Waals surface area (Å²) in [5.41, 5.74) is 1.31. The zero-order valence-electron chi connectivity index (χ0n) is 14.5. The SMILES string of the molecule is CCOCc1cc(C(=O)N(C)CC(=O)NC(C)C)ccc1OC. The highest BCUT2D eigenvalue weighted by Gasteiger charge is 2.17. The van der Waals surface area contributed by atoms with Crippen LogP contribution in [0.5, 0.6) is 5.75 Å². The van der Waals surface area contributed by atoms with Crippen LogP contribution < -0.4 is 10.1 Å². The lowest BCUT2D eigenvalue weighted by Crippen LogP contribution is -2.40. The number of methoxy groups -OCH3 is 1. The molecule has 0 unspecified atom stereocenters. The molecule has 128 valence electrons. The van der Waals surface area contributed by atoms with Crippen LogP contribution in [0.3, 0.4) is 0 Å². The molecule has 1 aromatic rings. The molecule has 0 radical (unpaired) electrons. The molecule has 1 N–H and O–H groups in total. The van der Waals surface area contributed by atoms with Gasteiger partial charge in [0, 0.05) is 30.8 Å². The summed E-state index contributed by atoms with van der Waals surface area (Å²) in [7, 11) is 3.18. The average Bonchev–Trinajstić information content (AvgIpc) is 2.50. The van der Waals surface area contributed by atoms with Gasteiger partial charge in [-0.15, -0.1) is 0 Å². The van der Waals surface area contributed by atoms with Crippen LogP contribution in [0, 0.1) is 0 Å². The van der Waals surface area contributed by atoms with Crippen LogP contribution in [0.4, 0.5) is 0 Å². The number of amides is 2. The molecule has 0 atom stereocenters. The Bertz CT molecular complexity index is 543. The van der Waals surface area contributed by atoms with E-state index in [0.29, 0.717) is 24.5 Å². The van der Waals surface area contributed by atoms with E-state index in [9.17, 15) is 9.59 Å². The van der Waals surface area contributed by atoms with Gasteiger partial charge >= 0.3 is 0 Å². The maximum Gasteiger partial charge on any atom is 0.254 e. The van der Waals surface area contributed by atoms with Crippen molar-refractivity contribution in [2.45, 2.75) is 33.4 Å². The van der Waals surface area contributed by atoms with Crippen molar-refractivity contribution < 1.29 is 19.1 Å². The van der Waals surface area contributed by atoms with E-state index in [-0.39, 0.29) is 24.4 Å². The molecule has 1 aromatic carbocycles. The molecule has 2 amide bonds. The van der Waals surface area contributed by atoms with Gasteiger partial charge < -0.3 is 19.7 Å². The largest absolute Gasteiger partial charge is 0.496 e. The summed E-state index contributed by atoms with van der Waals surface area (Å²) < 4.78 is 10.7. The Kier molecular flexibility index (Phi) is 7.54. The second-order valence-electron chi connectivity index (χ2n) is 5.55. The van der Waals surface area contributed by atoms with Gasteiger partial charge in [0.15, 0.2) is 0 Å². The summed E-state index contributed by atoms with van der Waals surface area (Å²) in [5.74, 6) is 0.276. The van der Waals surface area contributed by atoms with E-state index in [1.165, 1.54) is 4.90 Å². The number of carbonyl (C=O) groups excluding carboxylic acids is 2. The molecule has 0 spiro atoms. The summed E-state index contributed by atoms with van der Waals surface area (Å²) in [4.78, 5) is 25.6. The van der Waals surface area contributed by atoms with Gasteiger partial charge in [0.05, 0.1) is 20.3 Å². The first-order valence-corrected chi connectivity index (χ1v) is 7.68. The first-order chi connectivity index (χ1) is 10.9. The molecule has 0 saturated carbocycles. The zero-order valence-corrected chi connectivity index (χ0v) is 14.5. The predicted molar refractivity (Wildman–Crippen MR) is 88.6 cm³/mol. The monoisotopic (exact) mass is 322 g/mol. The van der Waals surface area contributed by atoms with E-state index in [0.717, 1.165) is 5.56 Å². The van der Waals surface area contributed by atoms with Gasteiger partial charge in [0.25, 0.3) is 5.91 Å². The Hall–Kier alpha value is -2.08. The summed E-state index contributed by atoms with van der Waals surface area (Å²) in [6.07, 6.45) is 0. The van der Waals surface area contributed by atoms with Crippen molar-refractivity contribution >= 4 is 11.8 Å². The first kappa shape index (κ1) is 19.0. The van der Waals surface area contributed by atoms with Crippen LogP contribution in [0.15, 0.2) is 18.2 Å². The van der Waals surface area contributed by atoms with Gasteiger partial charge in [-0.2, -0.15) is 0 Å². The molecule has 0 aromatic heterocycles. The Morgan fingerprint density at radius 3 is 2.57 bits per heavy atom. The van der Waals surface area contributed by atoms with Crippen molar-refractivity contribution in [1.29, 1.82) is 0 Å². The molecule has 0 saturated heterocycles. The van der Waals surface area contributed by atoms with Crippen LogP contribution in [-0.4, -0.2) is 50.1 Å². The Morgan fingerprint density at radius 1 is 1.30 bits per heavy atom. The second kappa shape index (κ2) is 9.15. The minimum atomic E-state index is -0.218. The molecule has 0 aliphatic rings. The van der Waals surface area contributed by atoms with Gasteiger partial charge in [0.1, 0.15) is 5.75 Å². The van der Waals surface area contributed by atoms with Gasteiger partial charge in [-0.3, -0.25) is 9.59 Å². The van der Waals surface area contributed by atoms with Crippen LogP contribution >= 0.6 is 0 Å². The van der Waals surface area contributed by atoms with Crippen LogP contribution in [-0.2, 0) is 16.1 Å². The molecule has 0 fully saturated rings. The number of nitrogens with one attached hydrogen (secondary N) is 1. The van der Waals surface area contributed by atoms with E-state index in [1.807, 2.05) is 20.8 Å². The number of benzene rings is 1. The summed E-state index contributed by atoms with van der Waals surface area (Å²) >= 11 is 0. The topological polar surface area (TPSA) is 67.9 Å². The lowest BCUT2D eigenvalue weighted by molar-refractivity contribution is -0.122. The highest BCUT2D eigenvalue weighted by molar-refractivity contribution is 5.96. The maximum atomic E-state index is 12.5. The van der Waals surface area contributed by atoms with Crippen molar-refractivity contribution in [2.24, 2.45) is 0 Å². The predicted octanol–water partition coefficient (Wildman–Crippen LogP) is 1.83. The molecule has 0 aliphatic heterocycles.